The number of ether oxygens (including phenoxy) is 2. The number of fused-ring (bicyclic) bond motifs is 1. The third kappa shape index (κ3) is 5.60. The van der Waals surface area contributed by atoms with Crippen LogP contribution >= 0.6 is 12.2 Å². The van der Waals surface area contributed by atoms with Crippen LogP contribution in [0.2, 0.25) is 0 Å². The molecule has 1 aliphatic heterocycles. The lowest BCUT2D eigenvalue weighted by Gasteiger charge is -2.26. The molecule has 3 aromatic rings. The molecule has 1 saturated heterocycles. The Labute approximate surface area is 202 Å². The summed E-state index contributed by atoms with van der Waals surface area (Å²) in [6.07, 6.45) is 2.44. The summed E-state index contributed by atoms with van der Waals surface area (Å²) in [5.74, 6) is -0.563. The van der Waals surface area contributed by atoms with Crippen LogP contribution in [-0.2, 0) is 22.6 Å². The van der Waals surface area contributed by atoms with Crippen molar-refractivity contribution in [3.05, 3.63) is 74.5 Å². The molecule has 9 heteroatoms. The summed E-state index contributed by atoms with van der Waals surface area (Å²) >= 11 is 5.39. The molecule has 0 saturated carbocycles. The van der Waals surface area contributed by atoms with Crippen molar-refractivity contribution in [3.63, 3.8) is 0 Å². The van der Waals surface area contributed by atoms with Gasteiger partial charge in [0.1, 0.15) is 5.82 Å². The van der Waals surface area contributed by atoms with Gasteiger partial charge in [-0.25, -0.2) is 4.39 Å². The number of aromatic amines is 1. The second-order valence-electron chi connectivity index (χ2n) is 8.44. The summed E-state index contributed by atoms with van der Waals surface area (Å²) in [5.41, 5.74) is 1.42. The Morgan fingerprint density at radius 3 is 2.91 bits per heavy atom. The van der Waals surface area contributed by atoms with Crippen molar-refractivity contribution in [2.75, 3.05) is 26.9 Å². The summed E-state index contributed by atoms with van der Waals surface area (Å²) in [6, 6.07) is 11.2. The van der Waals surface area contributed by atoms with Gasteiger partial charge in [0, 0.05) is 45.5 Å². The highest BCUT2D eigenvalue weighted by Gasteiger charge is 2.24. The van der Waals surface area contributed by atoms with Gasteiger partial charge in [-0.3, -0.25) is 14.2 Å². The van der Waals surface area contributed by atoms with Gasteiger partial charge < -0.3 is 19.4 Å². The number of nitrogens with zero attached hydrogens (tertiary/aromatic N) is 2. The number of carbonyl (C=O) groups is 1. The molecule has 1 atom stereocenters. The maximum atomic E-state index is 13.7. The van der Waals surface area contributed by atoms with Gasteiger partial charge in [-0.15, -0.1) is 0 Å². The maximum absolute atomic E-state index is 13.7. The fourth-order valence-electron chi connectivity index (χ4n) is 4.25. The molecule has 1 aromatic heterocycles. The minimum atomic E-state index is -0.345. The van der Waals surface area contributed by atoms with Crippen LogP contribution < -0.4 is 5.56 Å². The third-order valence-corrected chi connectivity index (χ3v) is 6.28. The van der Waals surface area contributed by atoms with Crippen LogP contribution in [0.4, 0.5) is 4.39 Å². The van der Waals surface area contributed by atoms with Gasteiger partial charge in [0.05, 0.1) is 17.0 Å². The first-order valence-corrected chi connectivity index (χ1v) is 11.8. The zero-order chi connectivity index (χ0) is 24.1. The number of aromatic nitrogens is 2. The van der Waals surface area contributed by atoms with Crippen molar-refractivity contribution in [2.24, 2.45) is 0 Å². The highest BCUT2D eigenvalue weighted by molar-refractivity contribution is 7.71. The van der Waals surface area contributed by atoms with E-state index < -0.39 is 0 Å². The van der Waals surface area contributed by atoms with Crippen molar-refractivity contribution in [2.45, 2.75) is 38.5 Å². The summed E-state index contributed by atoms with van der Waals surface area (Å²) in [4.78, 5) is 31.2. The molecule has 1 fully saturated rings. The minimum absolute atomic E-state index is 0.0527. The van der Waals surface area contributed by atoms with Crippen molar-refractivity contribution >= 4 is 29.0 Å². The molecule has 0 radical (unpaired) electrons. The van der Waals surface area contributed by atoms with Gasteiger partial charge in [0.2, 0.25) is 0 Å². The van der Waals surface area contributed by atoms with Crippen LogP contribution in [-0.4, -0.2) is 53.3 Å². The Kier molecular flexibility index (Phi) is 7.87. The lowest BCUT2D eigenvalue weighted by atomic mass is 10.1. The molecule has 0 aliphatic carbocycles. The van der Waals surface area contributed by atoms with Crippen LogP contribution in [0, 0.1) is 10.6 Å². The third-order valence-electron chi connectivity index (χ3n) is 5.96. The normalized spacial score (nSPS) is 15.6. The van der Waals surface area contributed by atoms with Gasteiger partial charge in [0.25, 0.3) is 11.5 Å². The van der Waals surface area contributed by atoms with E-state index in [2.05, 4.69) is 4.98 Å². The lowest BCUT2D eigenvalue weighted by molar-refractivity contribution is 0.0507. The van der Waals surface area contributed by atoms with Crippen LogP contribution in [0.15, 0.2) is 47.3 Å². The number of benzene rings is 2. The highest BCUT2D eigenvalue weighted by atomic mass is 32.1. The molecule has 4 rings (SSSR count). The Balaban J connectivity index is 1.63. The van der Waals surface area contributed by atoms with E-state index in [1.807, 2.05) is 0 Å². The van der Waals surface area contributed by atoms with E-state index >= 15 is 0 Å². The molecule has 0 spiro atoms. The van der Waals surface area contributed by atoms with E-state index in [9.17, 15) is 14.0 Å². The van der Waals surface area contributed by atoms with Crippen LogP contribution in [0.1, 0.15) is 35.2 Å². The molecule has 7 nitrogen and oxygen atoms in total. The molecule has 1 unspecified atom stereocenters. The number of hydrogen-bond acceptors (Lipinski definition) is 5. The second kappa shape index (κ2) is 11.0. The van der Waals surface area contributed by atoms with Gasteiger partial charge >= 0.3 is 0 Å². The minimum Gasteiger partial charge on any atom is -0.385 e. The molecule has 0 bridgehead atoms. The van der Waals surface area contributed by atoms with Crippen LogP contribution in [0.25, 0.3) is 10.9 Å². The summed E-state index contributed by atoms with van der Waals surface area (Å²) < 4.78 is 26.4. The van der Waals surface area contributed by atoms with Crippen molar-refractivity contribution in [1.82, 2.24) is 14.5 Å². The number of rotatable bonds is 9. The number of halogens is 1. The Morgan fingerprint density at radius 1 is 1.32 bits per heavy atom. The standard InChI is InChI=1S/C25H28FN3O4S/c1-32-11-4-10-29-24(31)21-9-8-18(14-22(21)27-25(29)34)23(30)28(16-20-7-3-12-33-20)15-17-5-2-6-19(26)13-17/h2,5-6,8-9,13-14,20H,3-4,7,10-12,15-16H2,1H3,(H,27,34). The Bertz CT molecular complexity index is 1280. The second-order valence-corrected chi connectivity index (χ2v) is 8.83. The first kappa shape index (κ1) is 24.3. The van der Waals surface area contributed by atoms with Gasteiger partial charge in [0.15, 0.2) is 4.77 Å². The number of hydrogen-bond donors (Lipinski definition) is 1. The molecular formula is C25H28FN3O4S. The maximum Gasteiger partial charge on any atom is 0.262 e. The molecule has 1 N–H and O–H groups in total. The number of nitrogens with one attached hydrogen (secondary N) is 1. The number of H-pyrrole nitrogens is 1. The van der Waals surface area contributed by atoms with Crippen molar-refractivity contribution in [3.8, 4) is 0 Å². The molecular weight excluding hydrogens is 457 g/mol. The number of methoxy groups -OCH3 is 1. The lowest BCUT2D eigenvalue weighted by Crippen LogP contribution is -2.37. The smallest absolute Gasteiger partial charge is 0.262 e. The first-order chi connectivity index (χ1) is 16.5. The van der Waals surface area contributed by atoms with Crippen LogP contribution in [0.3, 0.4) is 0 Å². The average molecular weight is 486 g/mol. The highest BCUT2D eigenvalue weighted by Crippen LogP contribution is 2.19. The monoisotopic (exact) mass is 485 g/mol. The molecule has 2 heterocycles. The largest absolute Gasteiger partial charge is 0.385 e. The SMILES string of the molecule is COCCCn1c(=S)[nH]c2cc(C(=O)N(Cc3cccc(F)c3)CC3CCCO3)ccc2c1=O. The summed E-state index contributed by atoms with van der Waals surface area (Å²) in [7, 11) is 1.61. The predicted molar refractivity (Wildman–Crippen MR) is 130 cm³/mol. The van der Waals surface area contributed by atoms with E-state index in [1.54, 1.807) is 42.3 Å². The molecule has 34 heavy (non-hydrogen) atoms. The fourth-order valence-corrected chi connectivity index (χ4v) is 4.53. The van der Waals surface area contributed by atoms with E-state index in [4.69, 9.17) is 21.7 Å². The van der Waals surface area contributed by atoms with Gasteiger partial charge in [-0.2, -0.15) is 0 Å². The molecule has 1 aliphatic rings. The van der Waals surface area contributed by atoms with E-state index in [-0.39, 0.29) is 29.9 Å². The molecule has 180 valence electrons. The quantitative estimate of drug-likeness (QED) is 0.366. The Hall–Kier alpha value is -2.88. The fraction of sp³-hybridized carbons (Fsp3) is 0.400. The van der Waals surface area contributed by atoms with Gasteiger partial charge in [-0.1, -0.05) is 12.1 Å². The van der Waals surface area contributed by atoms with Crippen LogP contribution in [0.5, 0.6) is 0 Å². The van der Waals surface area contributed by atoms with Crippen molar-refractivity contribution in [1.29, 1.82) is 0 Å². The van der Waals surface area contributed by atoms with Crippen molar-refractivity contribution < 1.29 is 18.7 Å². The topological polar surface area (TPSA) is 76.6 Å². The summed E-state index contributed by atoms with van der Waals surface area (Å²) in [5, 5.41) is 0.457. The predicted octanol–water partition coefficient (Wildman–Crippen LogP) is 4.06. The number of amides is 1. The molecule has 2 aromatic carbocycles. The van der Waals surface area contributed by atoms with E-state index in [0.29, 0.717) is 59.5 Å². The first-order valence-electron chi connectivity index (χ1n) is 11.4. The van der Waals surface area contributed by atoms with E-state index in [1.165, 1.54) is 16.7 Å². The zero-order valence-corrected chi connectivity index (χ0v) is 19.9. The average Bonchev–Trinajstić information content (AvgIpc) is 3.33. The Morgan fingerprint density at radius 2 is 2.18 bits per heavy atom. The van der Waals surface area contributed by atoms with E-state index in [0.717, 1.165) is 12.8 Å². The molecule has 1 amide bonds. The zero-order valence-electron chi connectivity index (χ0n) is 19.1. The number of carbonyl (C=O) groups excluding carboxylic acids is 1. The van der Waals surface area contributed by atoms with Gasteiger partial charge in [-0.05, 0) is 67.4 Å². The summed E-state index contributed by atoms with van der Waals surface area (Å²) in [6.45, 7) is 2.31.